The molecule has 0 aromatic heterocycles. The number of hydrogen-bond donors (Lipinski definition) is 1. The molecule has 0 aliphatic carbocycles. The fourth-order valence-electron chi connectivity index (χ4n) is 4.42. The van der Waals surface area contributed by atoms with E-state index in [2.05, 4.69) is 5.32 Å². The van der Waals surface area contributed by atoms with Gasteiger partial charge in [0.25, 0.3) is 10.0 Å². The number of nitrogens with zero attached hydrogens (tertiary/aromatic N) is 2. The number of rotatable bonds is 12. The van der Waals surface area contributed by atoms with Gasteiger partial charge in [0.05, 0.1) is 10.6 Å². The second-order valence-electron chi connectivity index (χ2n) is 9.48. The summed E-state index contributed by atoms with van der Waals surface area (Å²) in [6.45, 7) is 7.67. The zero-order valence-corrected chi connectivity index (χ0v) is 24.4. The maximum atomic E-state index is 14.1. The maximum absolute atomic E-state index is 14.1. The highest BCUT2D eigenvalue weighted by Crippen LogP contribution is 2.29. The lowest BCUT2D eigenvalue weighted by Gasteiger charge is -2.33. The monoisotopic (exact) mass is 569 g/mol. The third-order valence-electron chi connectivity index (χ3n) is 6.41. The summed E-state index contributed by atoms with van der Waals surface area (Å²) < 4.78 is 28.9. The van der Waals surface area contributed by atoms with E-state index in [-0.39, 0.29) is 17.3 Å². The van der Waals surface area contributed by atoms with Crippen molar-refractivity contribution in [3.63, 3.8) is 0 Å². The third-order valence-corrected chi connectivity index (χ3v) is 8.42. The number of nitrogens with one attached hydrogen (secondary N) is 1. The Bertz CT molecular complexity index is 1400. The second-order valence-corrected chi connectivity index (χ2v) is 11.8. The van der Waals surface area contributed by atoms with Crippen LogP contribution in [-0.4, -0.2) is 44.3 Å². The summed E-state index contributed by atoms with van der Waals surface area (Å²) in [6.07, 6.45) is 1.13. The molecule has 0 bridgehead atoms. The van der Waals surface area contributed by atoms with Gasteiger partial charge in [0.2, 0.25) is 11.8 Å². The van der Waals surface area contributed by atoms with Crippen LogP contribution < -0.4 is 9.62 Å². The van der Waals surface area contributed by atoms with E-state index < -0.39 is 28.5 Å². The van der Waals surface area contributed by atoms with Gasteiger partial charge >= 0.3 is 0 Å². The Hall–Kier alpha value is -3.36. The number of sulfonamides is 1. The fourth-order valence-corrected chi connectivity index (χ4v) is 6.15. The van der Waals surface area contributed by atoms with Gasteiger partial charge in [-0.25, -0.2) is 8.42 Å². The molecule has 0 heterocycles. The first-order chi connectivity index (χ1) is 18.6. The highest BCUT2D eigenvalue weighted by atomic mass is 35.5. The Morgan fingerprint density at radius 2 is 1.67 bits per heavy atom. The molecule has 0 saturated carbocycles. The summed E-state index contributed by atoms with van der Waals surface area (Å²) in [4.78, 5) is 28.8. The SMILES string of the molecule is CCCNC(=O)[C@@H](CC)N(Cc1cccc(C)c1)C(=O)CN(c1ccc(Cl)cc1C)S(=O)(=O)c1ccccc1. The molecule has 3 aromatic rings. The first-order valence-corrected chi connectivity index (χ1v) is 14.9. The molecule has 0 saturated heterocycles. The molecule has 208 valence electrons. The molecule has 0 spiro atoms. The van der Waals surface area contributed by atoms with E-state index in [0.717, 1.165) is 21.9 Å². The average molecular weight is 570 g/mol. The van der Waals surface area contributed by atoms with Gasteiger partial charge in [0.15, 0.2) is 0 Å². The highest BCUT2D eigenvalue weighted by molar-refractivity contribution is 7.92. The van der Waals surface area contributed by atoms with Gasteiger partial charge in [-0.2, -0.15) is 0 Å². The minimum Gasteiger partial charge on any atom is -0.354 e. The van der Waals surface area contributed by atoms with E-state index in [1.54, 1.807) is 43.3 Å². The molecule has 9 heteroatoms. The molecule has 2 amide bonds. The van der Waals surface area contributed by atoms with Crippen molar-refractivity contribution in [2.45, 2.75) is 58.0 Å². The van der Waals surface area contributed by atoms with Crippen LogP contribution in [-0.2, 0) is 26.2 Å². The molecule has 1 N–H and O–H groups in total. The van der Waals surface area contributed by atoms with E-state index in [1.165, 1.54) is 17.0 Å². The summed E-state index contributed by atoms with van der Waals surface area (Å²) in [5.41, 5.74) is 2.82. The lowest BCUT2D eigenvalue weighted by molar-refractivity contribution is -0.140. The molecular weight excluding hydrogens is 534 g/mol. The van der Waals surface area contributed by atoms with Gasteiger partial charge in [-0.1, -0.05) is 73.5 Å². The molecule has 3 aromatic carbocycles. The number of aryl methyl sites for hydroxylation is 2. The van der Waals surface area contributed by atoms with Crippen molar-refractivity contribution in [3.05, 3.63) is 94.5 Å². The van der Waals surface area contributed by atoms with Crippen molar-refractivity contribution >= 4 is 39.1 Å². The van der Waals surface area contributed by atoms with E-state index >= 15 is 0 Å². The Labute approximate surface area is 236 Å². The topological polar surface area (TPSA) is 86.8 Å². The lowest BCUT2D eigenvalue weighted by atomic mass is 10.1. The van der Waals surface area contributed by atoms with Crippen LogP contribution in [0.1, 0.15) is 43.4 Å². The van der Waals surface area contributed by atoms with E-state index in [0.29, 0.717) is 29.2 Å². The lowest BCUT2D eigenvalue weighted by Crippen LogP contribution is -2.52. The van der Waals surface area contributed by atoms with Gasteiger partial charge in [0.1, 0.15) is 12.6 Å². The predicted octanol–water partition coefficient (Wildman–Crippen LogP) is 5.49. The molecule has 1 atom stereocenters. The molecule has 3 rings (SSSR count). The third kappa shape index (κ3) is 7.61. The standard InChI is InChI=1S/C30H36ClN3O4S/c1-5-17-32-30(36)27(6-2)33(20-24-12-10-11-22(3)18-24)29(35)21-34(28-16-15-25(31)19-23(28)4)39(37,38)26-13-8-7-9-14-26/h7-16,18-19,27H,5-6,17,20-21H2,1-4H3,(H,32,36)/t27-/m1/s1. The Kier molecular flexibility index (Phi) is 10.5. The molecule has 0 radical (unpaired) electrons. The smallest absolute Gasteiger partial charge is 0.264 e. The number of anilines is 1. The predicted molar refractivity (Wildman–Crippen MR) is 156 cm³/mol. The number of amides is 2. The number of hydrogen-bond acceptors (Lipinski definition) is 4. The first-order valence-electron chi connectivity index (χ1n) is 13.0. The summed E-state index contributed by atoms with van der Waals surface area (Å²) in [7, 11) is -4.12. The largest absolute Gasteiger partial charge is 0.354 e. The fraction of sp³-hybridized carbons (Fsp3) is 0.333. The van der Waals surface area contributed by atoms with Gasteiger partial charge < -0.3 is 10.2 Å². The van der Waals surface area contributed by atoms with Crippen LogP contribution in [0.4, 0.5) is 5.69 Å². The molecule has 7 nitrogen and oxygen atoms in total. The zero-order valence-electron chi connectivity index (χ0n) is 22.9. The second kappa shape index (κ2) is 13.6. The van der Waals surface area contributed by atoms with Gasteiger partial charge in [-0.15, -0.1) is 0 Å². The zero-order chi connectivity index (χ0) is 28.6. The van der Waals surface area contributed by atoms with Crippen LogP contribution in [0.25, 0.3) is 0 Å². The number of carbonyl (C=O) groups excluding carboxylic acids is 2. The molecular formula is C30H36ClN3O4S. The van der Waals surface area contributed by atoms with Crippen molar-refractivity contribution < 1.29 is 18.0 Å². The van der Waals surface area contributed by atoms with Crippen LogP contribution in [0.2, 0.25) is 5.02 Å². The molecule has 0 aliphatic heterocycles. The van der Waals surface area contributed by atoms with Crippen molar-refractivity contribution in [2.75, 3.05) is 17.4 Å². The normalized spacial score (nSPS) is 12.0. The summed E-state index contributed by atoms with van der Waals surface area (Å²) >= 11 is 6.16. The van der Waals surface area contributed by atoms with Crippen LogP contribution in [0.3, 0.4) is 0 Å². The summed E-state index contributed by atoms with van der Waals surface area (Å²) in [5, 5.41) is 3.35. The van der Waals surface area contributed by atoms with Crippen molar-refractivity contribution in [1.82, 2.24) is 10.2 Å². The van der Waals surface area contributed by atoms with Crippen molar-refractivity contribution in [2.24, 2.45) is 0 Å². The van der Waals surface area contributed by atoms with Crippen molar-refractivity contribution in [3.8, 4) is 0 Å². The number of carbonyl (C=O) groups is 2. The summed E-state index contributed by atoms with van der Waals surface area (Å²) in [5.74, 6) is -0.746. The maximum Gasteiger partial charge on any atom is 0.264 e. The molecule has 0 fully saturated rings. The molecule has 39 heavy (non-hydrogen) atoms. The summed E-state index contributed by atoms with van der Waals surface area (Å²) in [6, 6.07) is 19.8. The Balaban J connectivity index is 2.07. The van der Waals surface area contributed by atoms with E-state index in [1.807, 2.05) is 45.0 Å². The quantitative estimate of drug-likeness (QED) is 0.313. The highest BCUT2D eigenvalue weighted by Gasteiger charge is 2.34. The van der Waals surface area contributed by atoms with Crippen LogP contribution in [0, 0.1) is 13.8 Å². The van der Waals surface area contributed by atoms with Gasteiger partial charge in [-0.05, 0) is 68.1 Å². The number of benzene rings is 3. The molecule has 0 aliphatic rings. The van der Waals surface area contributed by atoms with E-state index in [9.17, 15) is 18.0 Å². The van der Waals surface area contributed by atoms with E-state index in [4.69, 9.17) is 11.6 Å². The Morgan fingerprint density at radius 3 is 2.28 bits per heavy atom. The van der Waals surface area contributed by atoms with Crippen molar-refractivity contribution in [1.29, 1.82) is 0 Å². The van der Waals surface area contributed by atoms with Gasteiger partial charge in [0, 0.05) is 18.1 Å². The first kappa shape index (κ1) is 30.2. The van der Waals surface area contributed by atoms with Gasteiger partial charge in [-0.3, -0.25) is 13.9 Å². The number of halogens is 1. The van der Waals surface area contributed by atoms with Crippen LogP contribution in [0.15, 0.2) is 77.7 Å². The Morgan fingerprint density at radius 1 is 0.949 bits per heavy atom. The van der Waals surface area contributed by atoms with Crippen LogP contribution in [0.5, 0.6) is 0 Å². The minimum atomic E-state index is -4.12. The van der Waals surface area contributed by atoms with Crippen LogP contribution >= 0.6 is 11.6 Å². The average Bonchev–Trinajstić information content (AvgIpc) is 2.91. The molecule has 0 unspecified atom stereocenters. The minimum absolute atomic E-state index is 0.0603.